The molecule has 3 nitrogen and oxygen atoms in total. The first-order valence-corrected chi connectivity index (χ1v) is 3.74. The summed E-state index contributed by atoms with van der Waals surface area (Å²) in [6.07, 6.45) is 2.87. The van der Waals surface area contributed by atoms with Gasteiger partial charge in [0.05, 0.1) is 7.11 Å². The molecule has 0 aliphatic carbocycles. The molecular weight excluding hydrogens is 166 g/mol. The summed E-state index contributed by atoms with van der Waals surface area (Å²) in [4.78, 5) is 9.97. The van der Waals surface area contributed by atoms with Gasteiger partial charge in [0, 0.05) is 6.42 Å². The highest BCUT2D eigenvalue weighted by molar-refractivity contribution is 5.54. The van der Waals surface area contributed by atoms with Crippen LogP contribution in [0.15, 0.2) is 30.3 Å². The number of methoxy groups -OCH3 is 1. The highest BCUT2D eigenvalue weighted by atomic mass is 16.5. The summed E-state index contributed by atoms with van der Waals surface area (Å²) in [5.41, 5.74) is 1.08. The van der Waals surface area contributed by atoms with Gasteiger partial charge in [-0.25, -0.2) is 0 Å². The second-order valence-electron chi connectivity index (χ2n) is 2.15. The number of rotatable bonds is 2. The van der Waals surface area contributed by atoms with E-state index in [9.17, 15) is 4.79 Å². The largest absolute Gasteiger partial charge is 0.431 e. The van der Waals surface area contributed by atoms with Crippen LogP contribution in [0.5, 0.6) is 0 Å². The Hall–Kier alpha value is -1.82. The maximum Gasteiger partial charge on any atom is 0.286 e. The van der Waals surface area contributed by atoms with Gasteiger partial charge in [0.2, 0.25) is 0 Å². The van der Waals surface area contributed by atoms with Gasteiger partial charge in [-0.05, 0) is 5.56 Å². The molecule has 0 atom stereocenters. The quantitative estimate of drug-likeness (QED) is 0.508. The van der Waals surface area contributed by atoms with E-state index >= 15 is 0 Å². The summed E-state index contributed by atoms with van der Waals surface area (Å²) in [6.45, 7) is 0. The van der Waals surface area contributed by atoms with Crippen LogP contribution in [-0.2, 0) is 16.0 Å². The van der Waals surface area contributed by atoms with Crippen LogP contribution in [-0.4, -0.2) is 13.4 Å². The smallest absolute Gasteiger partial charge is 0.286 e. The molecule has 0 bridgehead atoms. The van der Waals surface area contributed by atoms with E-state index in [0.29, 0.717) is 6.42 Å². The molecule has 68 valence electrons. The van der Waals surface area contributed by atoms with E-state index in [0.717, 1.165) is 11.8 Å². The van der Waals surface area contributed by atoms with E-state index in [1.807, 2.05) is 30.3 Å². The lowest BCUT2D eigenvalue weighted by atomic mass is 10.2. The predicted octanol–water partition coefficient (Wildman–Crippen LogP) is 1.54. The monoisotopic (exact) mass is 177 g/mol. The number of hydrogen-bond acceptors (Lipinski definition) is 3. The zero-order valence-electron chi connectivity index (χ0n) is 7.43. The lowest BCUT2D eigenvalue weighted by molar-refractivity contribution is -0.107. The van der Waals surface area contributed by atoms with Crippen LogP contribution in [0.1, 0.15) is 5.56 Å². The summed E-state index contributed by atoms with van der Waals surface area (Å²) in [6, 6.07) is 9.68. The average molecular weight is 177 g/mol. The van der Waals surface area contributed by atoms with E-state index in [4.69, 9.17) is 5.26 Å². The Morgan fingerprint density at radius 3 is 2.38 bits per heavy atom. The highest BCUT2D eigenvalue weighted by Gasteiger charge is 1.84. The Morgan fingerprint density at radius 2 is 2.00 bits per heavy atom. The minimum Gasteiger partial charge on any atom is -0.431 e. The summed E-state index contributed by atoms with van der Waals surface area (Å²) in [5.74, 6) is 0. The number of carbonyl (C=O) groups excluding carboxylic acids is 1. The maximum atomic E-state index is 9.97. The van der Waals surface area contributed by atoms with E-state index in [1.54, 1.807) is 0 Å². The molecule has 1 rings (SSSR count). The van der Waals surface area contributed by atoms with Crippen molar-refractivity contribution in [2.45, 2.75) is 6.42 Å². The number of nitrogens with zero attached hydrogens (tertiary/aromatic N) is 1. The molecule has 0 heterocycles. The first-order valence-electron chi connectivity index (χ1n) is 3.74. The predicted molar refractivity (Wildman–Crippen MR) is 48.8 cm³/mol. The number of nitriles is 1. The third-order valence-electron chi connectivity index (χ3n) is 1.25. The van der Waals surface area contributed by atoms with Crippen molar-refractivity contribution in [2.24, 2.45) is 0 Å². The summed E-state index contributed by atoms with van der Waals surface area (Å²) >= 11 is 0. The van der Waals surface area contributed by atoms with Crippen molar-refractivity contribution in [3.05, 3.63) is 35.9 Å². The molecule has 0 spiro atoms. The van der Waals surface area contributed by atoms with Crippen molar-refractivity contribution in [3.63, 3.8) is 0 Å². The van der Waals surface area contributed by atoms with Crippen molar-refractivity contribution in [1.29, 1.82) is 5.26 Å². The van der Waals surface area contributed by atoms with Crippen LogP contribution in [0.4, 0.5) is 0 Å². The highest BCUT2D eigenvalue weighted by Crippen LogP contribution is 1.96. The number of aldehydes is 1. The third-order valence-corrected chi connectivity index (χ3v) is 1.25. The Labute approximate surface area is 77.6 Å². The van der Waals surface area contributed by atoms with E-state index in [-0.39, 0.29) is 0 Å². The second kappa shape index (κ2) is 8.28. The van der Waals surface area contributed by atoms with Gasteiger partial charge in [-0.15, -0.1) is 0 Å². The molecule has 0 aromatic heterocycles. The molecule has 1 aromatic carbocycles. The number of carbonyl (C=O) groups is 1. The molecule has 0 radical (unpaired) electrons. The molecule has 0 saturated carbocycles. The minimum atomic E-state index is 0.529. The van der Waals surface area contributed by atoms with Crippen molar-refractivity contribution >= 4 is 6.29 Å². The number of benzene rings is 1. The first kappa shape index (κ1) is 11.2. The first-order chi connectivity index (χ1) is 6.35. The summed E-state index contributed by atoms with van der Waals surface area (Å²) in [7, 11) is 1.32. The maximum absolute atomic E-state index is 9.97. The van der Waals surface area contributed by atoms with Gasteiger partial charge in [0.1, 0.15) is 6.29 Å². The van der Waals surface area contributed by atoms with Crippen molar-refractivity contribution in [3.8, 4) is 6.26 Å². The fourth-order valence-corrected chi connectivity index (χ4v) is 0.710. The zero-order chi connectivity index (χ0) is 9.94. The van der Waals surface area contributed by atoms with Crippen LogP contribution in [0.25, 0.3) is 0 Å². The molecule has 1 aromatic rings. The Bertz CT molecular complexity index is 264. The van der Waals surface area contributed by atoms with Gasteiger partial charge in [-0.3, -0.25) is 0 Å². The topological polar surface area (TPSA) is 50.1 Å². The molecule has 0 saturated heterocycles. The van der Waals surface area contributed by atoms with Gasteiger partial charge < -0.3 is 9.53 Å². The molecule has 0 aliphatic heterocycles. The second-order valence-corrected chi connectivity index (χ2v) is 2.15. The number of ether oxygens (including phenoxy) is 1. The third kappa shape index (κ3) is 6.57. The van der Waals surface area contributed by atoms with Crippen molar-refractivity contribution in [1.82, 2.24) is 0 Å². The van der Waals surface area contributed by atoms with Gasteiger partial charge in [-0.1, -0.05) is 30.3 Å². The Kier molecular flexibility index (Phi) is 7.12. The summed E-state index contributed by atoms with van der Waals surface area (Å²) in [5, 5.41) is 7.40. The molecule has 0 fully saturated rings. The molecule has 13 heavy (non-hydrogen) atoms. The fourth-order valence-electron chi connectivity index (χ4n) is 0.710. The minimum absolute atomic E-state index is 0.529. The molecular formula is C10H11NO2. The molecule has 3 heteroatoms. The standard InChI is InChI=1S/C8H8O.C2H3NO/c9-7-6-8-4-2-1-3-5-8;1-4-2-3/h1-5,7H,6H2;1H3. The molecule has 0 unspecified atom stereocenters. The normalized spacial score (nSPS) is 7.38. The van der Waals surface area contributed by atoms with Crippen LogP contribution in [0, 0.1) is 11.5 Å². The van der Waals surface area contributed by atoms with Gasteiger partial charge in [0.15, 0.2) is 0 Å². The van der Waals surface area contributed by atoms with Gasteiger partial charge >= 0.3 is 0 Å². The molecule has 0 amide bonds. The Morgan fingerprint density at radius 1 is 1.46 bits per heavy atom. The van der Waals surface area contributed by atoms with Crippen LogP contribution in [0.3, 0.4) is 0 Å². The van der Waals surface area contributed by atoms with E-state index in [1.165, 1.54) is 13.4 Å². The van der Waals surface area contributed by atoms with E-state index in [2.05, 4.69) is 4.74 Å². The fraction of sp³-hybridized carbons (Fsp3) is 0.200. The lowest BCUT2D eigenvalue weighted by Gasteiger charge is -1.89. The van der Waals surface area contributed by atoms with E-state index < -0.39 is 0 Å². The number of hydrogen-bond donors (Lipinski definition) is 0. The molecule has 0 aliphatic rings. The summed E-state index contributed by atoms with van der Waals surface area (Å²) < 4.78 is 3.85. The lowest BCUT2D eigenvalue weighted by Crippen LogP contribution is -1.82. The molecule has 0 N–H and O–H groups in total. The van der Waals surface area contributed by atoms with Crippen LogP contribution in [0.2, 0.25) is 0 Å². The Balaban J connectivity index is 0.000000310. The SMILES string of the molecule is COC#N.O=CCc1ccccc1. The van der Waals surface area contributed by atoms with Crippen molar-refractivity contribution < 1.29 is 9.53 Å². The van der Waals surface area contributed by atoms with Crippen LogP contribution < -0.4 is 0 Å². The van der Waals surface area contributed by atoms with Gasteiger partial charge in [-0.2, -0.15) is 5.26 Å². The van der Waals surface area contributed by atoms with Gasteiger partial charge in [0.25, 0.3) is 6.26 Å². The average Bonchev–Trinajstić information content (AvgIpc) is 2.20. The zero-order valence-corrected chi connectivity index (χ0v) is 7.43. The van der Waals surface area contributed by atoms with Crippen LogP contribution >= 0.6 is 0 Å². The van der Waals surface area contributed by atoms with Crippen molar-refractivity contribution in [2.75, 3.05) is 7.11 Å².